The molecule has 1 fully saturated rings. The molecule has 11 nitrogen and oxygen atoms in total. The Labute approximate surface area is 188 Å². The van der Waals surface area contributed by atoms with Gasteiger partial charge in [0.2, 0.25) is 5.95 Å². The predicted octanol–water partition coefficient (Wildman–Crippen LogP) is 2.71. The van der Waals surface area contributed by atoms with Gasteiger partial charge in [0, 0.05) is 38.3 Å². The average molecular weight is 446 g/mol. The Kier molecular flexibility index (Phi) is 5.21. The summed E-state index contributed by atoms with van der Waals surface area (Å²) in [6, 6.07) is 14.0. The number of aromatic amines is 1. The molecule has 0 saturated carbocycles. The second-order valence-electron chi connectivity index (χ2n) is 7.92. The number of carbonyl (C=O) groups excluding carboxylic acids is 1. The van der Waals surface area contributed by atoms with E-state index in [1.807, 2.05) is 24.3 Å². The van der Waals surface area contributed by atoms with Crippen LogP contribution < -0.4 is 4.90 Å². The number of hydrogen-bond acceptors (Lipinski definition) is 7. The molecule has 1 aliphatic rings. The number of carbonyl (C=O) groups is 1. The van der Waals surface area contributed by atoms with Gasteiger partial charge >= 0.3 is 0 Å². The van der Waals surface area contributed by atoms with Gasteiger partial charge in [-0.1, -0.05) is 23.4 Å². The number of rotatable bonds is 4. The molecule has 0 aliphatic carbocycles. The second-order valence-corrected chi connectivity index (χ2v) is 7.92. The molecule has 2 aromatic heterocycles. The number of benzene rings is 2. The van der Waals surface area contributed by atoms with Gasteiger partial charge in [-0.15, -0.1) is 5.10 Å². The first-order chi connectivity index (χ1) is 16.0. The van der Waals surface area contributed by atoms with Crippen molar-refractivity contribution in [3.63, 3.8) is 0 Å². The molecule has 0 atom stereocenters. The van der Waals surface area contributed by atoms with E-state index in [1.54, 1.807) is 24.0 Å². The number of hydrogen-bond donors (Lipinski definition) is 1. The SMILES string of the molecule is Cc1c(C(=O)N2CCCN(c3nc4ccccc4[nH]3)CC2)nnn1-c1cccc([N+](=O)[O-])c1. The van der Waals surface area contributed by atoms with E-state index in [2.05, 4.69) is 25.2 Å². The van der Waals surface area contributed by atoms with Crippen LogP contribution in [0.2, 0.25) is 0 Å². The molecule has 3 heterocycles. The fourth-order valence-corrected chi connectivity index (χ4v) is 4.08. The molecule has 33 heavy (non-hydrogen) atoms. The van der Waals surface area contributed by atoms with E-state index >= 15 is 0 Å². The zero-order valence-electron chi connectivity index (χ0n) is 18.0. The summed E-state index contributed by atoms with van der Waals surface area (Å²) in [5.74, 6) is 0.605. The summed E-state index contributed by atoms with van der Waals surface area (Å²) in [5, 5.41) is 19.3. The van der Waals surface area contributed by atoms with Gasteiger partial charge in [0.25, 0.3) is 11.6 Å². The molecular formula is C22H22N8O3. The van der Waals surface area contributed by atoms with E-state index in [1.165, 1.54) is 16.8 Å². The van der Waals surface area contributed by atoms with Crippen LogP contribution in [0.3, 0.4) is 0 Å². The number of nitro groups is 1. The molecule has 5 rings (SSSR count). The number of amides is 1. The number of H-pyrrole nitrogens is 1. The Morgan fingerprint density at radius 1 is 1.09 bits per heavy atom. The molecule has 2 aromatic carbocycles. The van der Waals surface area contributed by atoms with Crippen LogP contribution >= 0.6 is 0 Å². The van der Waals surface area contributed by atoms with Gasteiger partial charge in [-0.3, -0.25) is 14.9 Å². The van der Waals surface area contributed by atoms with E-state index in [4.69, 9.17) is 0 Å². The molecule has 1 amide bonds. The van der Waals surface area contributed by atoms with Crippen LogP contribution in [0.5, 0.6) is 0 Å². The highest BCUT2D eigenvalue weighted by molar-refractivity contribution is 5.93. The highest BCUT2D eigenvalue weighted by atomic mass is 16.6. The first-order valence-electron chi connectivity index (χ1n) is 10.7. The molecule has 168 valence electrons. The highest BCUT2D eigenvalue weighted by Gasteiger charge is 2.26. The van der Waals surface area contributed by atoms with Gasteiger partial charge in [-0.2, -0.15) is 0 Å². The third-order valence-corrected chi connectivity index (χ3v) is 5.84. The molecular weight excluding hydrogens is 424 g/mol. The molecule has 0 radical (unpaired) electrons. The lowest BCUT2D eigenvalue weighted by Gasteiger charge is -2.21. The zero-order valence-corrected chi connectivity index (χ0v) is 18.0. The van der Waals surface area contributed by atoms with Crippen molar-refractivity contribution in [3.8, 4) is 5.69 Å². The number of para-hydroxylation sites is 2. The van der Waals surface area contributed by atoms with Crippen LogP contribution in [0.1, 0.15) is 22.6 Å². The van der Waals surface area contributed by atoms with Crippen molar-refractivity contribution in [1.29, 1.82) is 0 Å². The lowest BCUT2D eigenvalue weighted by molar-refractivity contribution is -0.384. The fraction of sp³-hybridized carbons (Fsp3) is 0.273. The van der Waals surface area contributed by atoms with E-state index in [0.717, 1.165) is 29.9 Å². The lowest BCUT2D eigenvalue weighted by atomic mass is 10.2. The topological polar surface area (TPSA) is 126 Å². The van der Waals surface area contributed by atoms with Crippen LogP contribution in [0.25, 0.3) is 16.7 Å². The number of non-ortho nitro benzene ring substituents is 1. The maximum atomic E-state index is 13.2. The van der Waals surface area contributed by atoms with Gasteiger partial charge in [0.1, 0.15) is 0 Å². The number of aromatic nitrogens is 5. The molecule has 11 heteroatoms. The first-order valence-corrected chi connectivity index (χ1v) is 10.7. The molecule has 1 aliphatic heterocycles. The number of imidazole rings is 1. The van der Waals surface area contributed by atoms with E-state index in [0.29, 0.717) is 31.0 Å². The third-order valence-electron chi connectivity index (χ3n) is 5.84. The summed E-state index contributed by atoms with van der Waals surface area (Å²) in [7, 11) is 0. The second kappa shape index (κ2) is 8.34. The predicted molar refractivity (Wildman–Crippen MR) is 122 cm³/mol. The zero-order chi connectivity index (χ0) is 22.9. The van der Waals surface area contributed by atoms with Crippen LogP contribution in [-0.2, 0) is 0 Å². The van der Waals surface area contributed by atoms with Crippen molar-refractivity contribution in [2.24, 2.45) is 0 Å². The number of nitro benzene ring substituents is 1. The summed E-state index contributed by atoms with van der Waals surface area (Å²) in [4.78, 5) is 35.8. The summed E-state index contributed by atoms with van der Waals surface area (Å²) in [6.45, 7) is 4.29. The maximum Gasteiger partial charge on any atom is 0.276 e. The van der Waals surface area contributed by atoms with Crippen molar-refractivity contribution < 1.29 is 9.72 Å². The number of nitrogens with one attached hydrogen (secondary N) is 1. The summed E-state index contributed by atoms with van der Waals surface area (Å²) < 4.78 is 1.46. The maximum absolute atomic E-state index is 13.2. The minimum atomic E-state index is -0.465. The third kappa shape index (κ3) is 3.88. The normalized spacial score (nSPS) is 14.5. The lowest BCUT2D eigenvalue weighted by Crippen LogP contribution is -2.36. The quantitative estimate of drug-likeness (QED) is 0.377. The fourth-order valence-electron chi connectivity index (χ4n) is 4.08. The number of nitrogens with zero attached hydrogens (tertiary/aromatic N) is 7. The monoisotopic (exact) mass is 446 g/mol. The van der Waals surface area contributed by atoms with Crippen LogP contribution in [-0.4, -0.2) is 66.9 Å². The highest BCUT2D eigenvalue weighted by Crippen LogP contribution is 2.21. The Bertz CT molecular complexity index is 1310. The van der Waals surface area contributed by atoms with Gasteiger partial charge in [-0.05, 0) is 31.5 Å². The Hall–Kier alpha value is -4.28. The van der Waals surface area contributed by atoms with E-state index in [9.17, 15) is 14.9 Å². The average Bonchev–Trinajstić information content (AvgIpc) is 3.34. The Morgan fingerprint density at radius 3 is 2.76 bits per heavy atom. The van der Waals surface area contributed by atoms with Gasteiger partial charge in [0.05, 0.1) is 27.3 Å². The van der Waals surface area contributed by atoms with Crippen molar-refractivity contribution >= 4 is 28.6 Å². The Balaban J connectivity index is 1.33. The van der Waals surface area contributed by atoms with Gasteiger partial charge < -0.3 is 14.8 Å². The smallest absolute Gasteiger partial charge is 0.276 e. The molecule has 1 saturated heterocycles. The van der Waals surface area contributed by atoms with Crippen LogP contribution in [0, 0.1) is 17.0 Å². The summed E-state index contributed by atoms with van der Waals surface area (Å²) in [6.07, 6.45) is 0.793. The van der Waals surface area contributed by atoms with E-state index < -0.39 is 4.92 Å². The molecule has 1 N–H and O–H groups in total. The minimum absolute atomic E-state index is 0.0477. The van der Waals surface area contributed by atoms with Gasteiger partial charge in [-0.25, -0.2) is 9.67 Å². The number of fused-ring (bicyclic) bond motifs is 1. The van der Waals surface area contributed by atoms with Crippen molar-refractivity contribution in [2.45, 2.75) is 13.3 Å². The Morgan fingerprint density at radius 2 is 1.94 bits per heavy atom. The van der Waals surface area contributed by atoms with Crippen LogP contribution in [0.15, 0.2) is 48.5 Å². The van der Waals surface area contributed by atoms with Crippen LogP contribution in [0.4, 0.5) is 11.6 Å². The molecule has 4 aromatic rings. The standard InChI is InChI=1S/C22H22N8O3/c1-15-20(25-26-29(15)16-6-4-7-17(14-16)30(32)33)21(31)27-10-5-11-28(13-12-27)22-23-18-8-2-3-9-19(18)24-22/h2-4,6-9,14H,5,10-13H2,1H3,(H,23,24). The molecule has 0 unspecified atom stereocenters. The molecule has 0 spiro atoms. The summed E-state index contributed by atoms with van der Waals surface area (Å²) >= 11 is 0. The van der Waals surface area contributed by atoms with Crippen molar-refractivity contribution in [2.75, 3.05) is 31.1 Å². The minimum Gasteiger partial charge on any atom is -0.341 e. The van der Waals surface area contributed by atoms with Crippen molar-refractivity contribution in [3.05, 3.63) is 70.0 Å². The molecule has 0 bridgehead atoms. The number of anilines is 1. The van der Waals surface area contributed by atoms with E-state index in [-0.39, 0.29) is 17.3 Å². The van der Waals surface area contributed by atoms with Crippen molar-refractivity contribution in [1.82, 2.24) is 29.9 Å². The first kappa shape index (κ1) is 20.6. The van der Waals surface area contributed by atoms with Gasteiger partial charge in [0.15, 0.2) is 5.69 Å². The largest absolute Gasteiger partial charge is 0.341 e. The summed E-state index contributed by atoms with van der Waals surface area (Å²) in [5.41, 5.74) is 3.13.